The van der Waals surface area contributed by atoms with Gasteiger partial charge in [0.1, 0.15) is 5.75 Å². The van der Waals surface area contributed by atoms with E-state index in [1.54, 1.807) is 7.11 Å². The van der Waals surface area contributed by atoms with Gasteiger partial charge in [-0.25, -0.2) is 0 Å². The van der Waals surface area contributed by atoms with E-state index in [1.807, 2.05) is 13.2 Å². The maximum atomic E-state index is 6.24. The predicted octanol–water partition coefficient (Wildman–Crippen LogP) is 3.63. The van der Waals surface area contributed by atoms with Crippen LogP contribution in [-0.4, -0.2) is 50.0 Å². The third kappa shape index (κ3) is 3.57. The lowest BCUT2D eigenvalue weighted by atomic mass is 9.79. The van der Waals surface area contributed by atoms with Crippen LogP contribution in [0.3, 0.4) is 0 Å². The highest BCUT2D eigenvalue weighted by molar-refractivity contribution is 5.33. The second kappa shape index (κ2) is 7.26. The smallest absolute Gasteiger partial charge is 0.123 e. The van der Waals surface area contributed by atoms with E-state index < -0.39 is 0 Å². The first-order valence-corrected chi connectivity index (χ1v) is 9.77. The summed E-state index contributed by atoms with van der Waals surface area (Å²) >= 11 is 0. The Kier molecular flexibility index (Phi) is 5.03. The minimum atomic E-state index is 0.0153. The zero-order chi connectivity index (χ0) is 17.3. The van der Waals surface area contributed by atoms with E-state index in [2.05, 4.69) is 23.1 Å². The molecule has 3 atom stereocenters. The summed E-state index contributed by atoms with van der Waals surface area (Å²) in [5, 5.41) is 0. The molecule has 4 rings (SSSR count). The number of hydrogen-bond donors (Lipinski definition) is 0. The topological polar surface area (TPSA) is 30.9 Å². The van der Waals surface area contributed by atoms with Crippen molar-refractivity contribution in [2.75, 3.05) is 27.4 Å². The normalized spacial score (nSPS) is 32.6. The summed E-state index contributed by atoms with van der Waals surface area (Å²) in [7, 11) is 3.65. The molecular formula is C21H31NO3. The van der Waals surface area contributed by atoms with E-state index in [0.29, 0.717) is 12.1 Å². The highest BCUT2D eigenvalue weighted by atomic mass is 16.5. The van der Waals surface area contributed by atoms with Crippen molar-refractivity contribution in [3.05, 3.63) is 29.8 Å². The van der Waals surface area contributed by atoms with E-state index in [9.17, 15) is 0 Å². The maximum absolute atomic E-state index is 6.24. The zero-order valence-corrected chi connectivity index (χ0v) is 15.6. The molecule has 3 fully saturated rings. The van der Waals surface area contributed by atoms with Gasteiger partial charge >= 0.3 is 0 Å². The Morgan fingerprint density at radius 1 is 1.12 bits per heavy atom. The van der Waals surface area contributed by atoms with Crippen molar-refractivity contribution < 1.29 is 14.2 Å². The third-order valence-corrected chi connectivity index (χ3v) is 6.48. The molecule has 2 saturated carbocycles. The molecule has 4 nitrogen and oxygen atoms in total. The fourth-order valence-electron chi connectivity index (χ4n) is 4.71. The maximum Gasteiger partial charge on any atom is 0.123 e. The Hall–Kier alpha value is -1.10. The summed E-state index contributed by atoms with van der Waals surface area (Å²) in [6.07, 6.45) is 7.59. The largest absolute Gasteiger partial charge is 0.496 e. The Morgan fingerprint density at radius 2 is 1.96 bits per heavy atom. The summed E-state index contributed by atoms with van der Waals surface area (Å²) in [6.45, 7) is 2.98. The van der Waals surface area contributed by atoms with E-state index in [1.165, 1.54) is 18.4 Å². The molecule has 138 valence electrons. The molecule has 0 aromatic heterocycles. The lowest BCUT2D eigenvalue weighted by molar-refractivity contribution is -0.103. The van der Waals surface area contributed by atoms with Crippen LogP contribution in [0.15, 0.2) is 24.3 Å². The van der Waals surface area contributed by atoms with Crippen LogP contribution in [0.4, 0.5) is 0 Å². The first-order valence-electron chi connectivity index (χ1n) is 9.77. The van der Waals surface area contributed by atoms with Crippen molar-refractivity contribution in [3.63, 3.8) is 0 Å². The Morgan fingerprint density at radius 3 is 2.72 bits per heavy atom. The SMILES string of the molecule is COc1ccccc1CN1CC[C@]2(OC)CC[C@@H](OCC3CC3)C[C@H]12. The summed E-state index contributed by atoms with van der Waals surface area (Å²) in [5.41, 5.74) is 1.28. The summed E-state index contributed by atoms with van der Waals surface area (Å²) in [6, 6.07) is 8.81. The number of hydrogen-bond acceptors (Lipinski definition) is 4. The van der Waals surface area contributed by atoms with Gasteiger partial charge in [0.2, 0.25) is 0 Å². The molecule has 2 aliphatic carbocycles. The molecule has 1 aromatic carbocycles. The van der Waals surface area contributed by atoms with Crippen molar-refractivity contribution in [2.24, 2.45) is 5.92 Å². The number of likely N-dealkylation sites (tertiary alicyclic amines) is 1. The first kappa shape index (κ1) is 17.3. The molecule has 1 heterocycles. The van der Waals surface area contributed by atoms with Crippen LogP contribution in [0.2, 0.25) is 0 Å². The molecule has 1 saturated heterocycles. The number of methoxy groups -OCH3 is 2. The van der Waals surface area contributed by atoms with Crippen molar-refractivity contribution in [2.45, 2.75) is 62.8 Å². The van der Waals surface area contributed by atoms with Crippen LogP contribution < -0.4 is 4.74 Å². The van der Waals surface area contributed by atoms with Gasteiger partial charge in [-0.15, -0.1) is 0 Å². The van der Waals surface area contributed by atoms with Crippen LogP contribution in [0, 0.1) is 5.92 Å². The molecule has 0 spiro atoms. The minimum Gasteiger partial charge on any atom is -0.496 e. The van der Waals surface area contributed by atoms with Gasteiger partial charge in [-0.05, 0) is 50.5 Å². The molecule has 4 heteroatoms. The van der Waals surface area contributed by atoms with Gasteiger partial charge in [-0.2, -0.15) is 0 Å². The second-order valence-corrected chi connectivity index (χ2v) is 7.99. The molecule has 0 radical (unpaired) electrons. The fourth-order valence-corrected chi connectivity index (χ4v) is 4.71. The molecule has 1 aromatic rings. The van der Waals surface area contributed by atoms with Crippen LogP contribution in [0.5, 0.6) is 5.75 Å². The molecule has 0 amide bonds. The van der Waals surface area contributed by atoms with Crippen LogP contribution in [0.25, 0.3) is 0 Å². The molecule has 25 heavy (non-hydrogen) atoms. The van der Waals surface area contributed by atoms with Gasteiger partial charge < -0.3 is 14.2 Å². The number of para-hydroxylation sites is 1. The molecule has 3 aliphatic rings. The average molecular weight is 345 g/mol. The van der Waals surface area contributed by atoms with Crippen LogP contribution in [0.1, 0.15) is 44.1 Å². The number of ether oxygens (including phenoxy) is 3. The molecular weight excluding hydrogens is 314 g/mol. The summed E-state index contributed by atoms with van der Waals surface area (Å²) < 4.78 is 17.9. The van der Waals surface area contributed by atoms with E-state index in [0.717, 1.165) is 57.0 Å². The van der Waals surface area contributed by atoms with Gasteiger partial charge in [0, 0.05) is 38.4 Å². The predicted molar refractivity (Wildman–Crippen MR) is 97.9 cm³/mol. The van der Waals surface area contributed by atoms with Crippen molar-refractivity contribution in [1.82, 2.24) is 4.90 Å². The first-order chi connectivity index (χ1) is 12.2. The summed E-state index contributed by atoms with van der Waals surface area (Å²) in [5.74, 6) is 1.82. The van der Waals surface area contributed by atoms with Crippen molar-refractivity contribution >= 4 is 0 Å². The van der Waals surface area contributed by atoms with E-state index in [4.69, 9.17) is 14.2 Å². The van der Waals surface area contributed by atoms with Crippen molar-refractivity contribution in [1.29, 1.82) is 0 Å². The third-order valence-electron chi connectivity index (χ3n) is 6.48. The van der Waals surface area contributed by atoms with E-state index in [-0.39, 0.29) is 5.60 Å². The number of fused-ring (bicyclic) bond motifs is 1. The van der Waals surface area contributed by atoms with Crippen LogP contribution >= 0.6 is 0 Å². The lowest BCUT2D eigenvalue weighted by Gasteiger charge is -2.43. The standard InChI is InChI=1S/C21H31NO3/c1-23-19-6-4-3-5-17(19)14-22-12-11-21(24-2)10-9-18(13-20(21)22)25-15-16-7-8-16/h3-6,16,18,20H,7-15H2,1-2H3/t18-,20+,21-/m1/s1. The highest BCUT2D eigenvalue weighted by Gasteiger charge is 2.51. The number of benzene rings is 1. The van der Waals surface area contributed by atoms with Crippen LogP contribution in [-0.2, 0) is 16.0 Å². The van der Waals surface area contributed by atoms with Crippen molar-refractivity contribution in [3.8, 4) is 5.75 Å². The Bertz CT molecular complexity index is 588. The summed E-state index contributed by atoms with van der Waals surface area (Å²) in [4.78, 5) is 2.59. The molecule has 1 aliphatic heterocycles. The monoisotopic (exact) mass is 345 g/mol. The highest BCUT2D eigenvalue weighted by Crippen LogP contribution is 2.44. The molecule has 0 unspecified atom stereocenters. The van der Waals surface area contributed by atoms with Gasteiger partial charge in [0.05, 0.1) is 18.8 Å². The minimum absolute atomic E-state index is 0.0153. The van der Waals surface area contributed by atoms with Gasteiger partial charge in [-0.3, -0.25) is 4.90 Å². The fraction of sp³-hybridized carbons (Fsp3) is 0.714. The van der Waals surface area contributed by atoms with Gasteiger partial charge in [0.25, 0.3) is 0 Å². The van der Waals surface area contributed by atoms with E-state index >= 15 is 0 Å². The van der Waals surface area contributed by atoms with Gasteiger partial charge in [0.15, 0.2) is 0 Å². The Labute approximate surface area is 151 Å². The molecule has 0 bridgehead atoms. The second-order valence-electron chi connectivity index (χ2n) is 7.99. The Balaban J connectivity index is 1.46. The quantitative estimate of drug-likeness (QED) is 0.755. The van der Waals surface area contributed by atoms with Gasteiger partial charge in [-0.1, -0.05) is 18.2 Å². The lowest BCUT2D eigenvalue weighted by Crippen LogP contribution is -2.51. The molecule has 0 N–H and O–H groups in total. The average Bonchev–Trinajstić information content (AvgIpc) is 3.42. The number of rotatable bonds is 7. The number of nitrogens with zero attached hydrogens (tertiary/aromatic N) is 1. The zero-order valence-electron chi connectivity index (χ0n) is 15.6.